The summed E-state index contributed by atoms with van der Waals surface area (Å²) in [6.45, 7) is 2.78. The largest absolute Gasteiger partial charge is 0.378 e. The molecule has 2 aliphatic rings. The SMILES string of the molecule is CCCNC(=O)c1ccc2c(c1)C1C=CCC1C(c1c3ccccc3cc3ccccc13)N2. The molecule has 33 heavy (non-hydrogen) atoms. The molecule has 3 heteroatoms. The first-order valence-corrected chi connectivity index (χ1v) is 12.0. The third-order valence-corrected chi connectivity index (χ3v) is 7.28. The summed E-state index contributed by atoms with van der Waals surface area (Å²) < 4.78 is 0. The number of benzene rings is 4. The lowest BCUT2D eigenvalue weighted by molar-refractivity contribution is 0.0953. The van der Waals surface area contributed by atoms with Gasteiger partial charge in [-0.2, -0.15) is 0 Å². The van der Waals surface area contributed by atoms with Crippen molar-refractivity contribution in [1.29, 1.82) is 0 Å². The van der Waals surface area contributed by atoms with E-state index >= 15 is 0 Å². The van der Waals surface area contributed by atoms with Gasteiger partial charge in [0.15, 0.2) is 0 Å². The predicted molar refractivity (Wildman–Crippen MR) is 137 cm³/mol. The summed E-state index contributed by atoms with van der Waals surface area (Å²) in [7, 11) is 0. The first kappa shape index (κ1) is 20.0. The maximum absolute atomic E-state index is 12.6. The number of allylic oxidation sites excluding steroid dienone is 2. The highest BCUT2D eigenvalue weighted by Gasteiger charge is 2.39. The fraction of sp³-hybridized carbons (Fsp3) is 0.233. The maximum Gasteiger partial charge on any atom is 0.251 e. The van der Waals surface area contributed by atoms with Crippen molar-refractivity contribution in [2.45, 2.75) is 31.7 Å². The third kappa shape index (κ3) is 3.31. The van der Waals surface area contributed by atoms with E-state index in [1.807, 2.05) is 6.07 Å². The predicted octanol–water partition coefficient (Wildman–Crippen LogP) is 6.96. The Bertz CT molecular complexity index is 1350. The maximum atomic E-state index is 12.6. The number of nitrogens with one attached hydrogen (secondary N) is 2. The van der Waals surface area contributed by atoms with Crippen molar-refractivity contribution in [3.05, 3.63) is 102 Å². The van der Waals surface area contributed by atoms with E-state index in [1.165, 1.54) is 32.7 Å². The lowest BCUT2D eigenvalue weighted by atomic mass is 9.75. The highest BCUT2D eigenvalue weighted by Crippen LogP contribution is 2.52. The molecule has 1 amide bonds. The Labute approximate surface area is 194 Å². The van der Waals surface area contributed by atoms with E-state index in [9.17, 15) is 4.79 Å². The molecule has 0 spiro atoms. The summed E-state index contributed by atoms with van der Waals surface area (Å²) in [5, 5.41) is 12.1. The molecule has 3 unspecified atom stereocenters. The summed E-state index contributed by atoms with van der Waals surface area (Å²) in [5.41, 5.74) is 4.51. The van der Waals surface area contributed by atoms with Crippen LogP contribution in [0.4, 0.5) is 5.69 Å². The van der Waals surface area contributed by atoms with Crippen LogP contribution in [0.15, 0.2) is 84.9 Å². The molecule has 0 aromatic heterocycles. The van der Waals surface area contributed by atoms with Crippen molar-refractivity contribution in [2.75, 3.05) is 11.9 Å². The molecule has 2 N–H and O–H groups in total. The van der Waals surface area contributed by atoms with Crippen molar-refractivity contribution in [1.82, 2.24) is 5.32 Å². The van der Waals surface area contributed by atoms with Gasteiger partial charge in [-0.15, -0.1) is 0 Å². The van der Waals surface area contributed by atoms with Crippen LogP contribution in [0.1, 0.15) is 53.2 Å². The lowest BCUT2D eigenvalue weighted by Crippen LogP contribution is -2.30. The van der Waals surface area contributed by atoms with E-state index in [4.69, 9.17) is 0 Å². The Balaban J connectivity index is 1.49. The van der Waals surface area contributed by atoms with Crippen molar-refractivity contribution >= 4 is 33.1 Å². The van der Waals surface area contributed by atoms with E-state index in [0.29, 0.717) is 18.4 Å². The van der Waals surface area contributed by atoms with Crippen LogP contribution in [0, 0.1) is 5.92 Å². The van der Waals surface area contributed by atoms with Gasteiger partial charge in [-0.1, -0.05) is 67.6 Å². The average molecular weight is 433 g/mol. The van der Waals surface area contributed by atoms with Gasteiger partial charge in [0, 0.05) is 23.7 Å². The smallest absolute Gasteiger partial charge is 0.251 e. The summed E-state index contributed by atoms with van der Waals surface area (Å²) in [4.78, 5) is 12.6. The molecule has 3 atom stereocenters. The van der Waals surface area contributed by atoms with Crippen LogP contribution in [0.5, 0.6) is 0 Å². The molecule has 4 aromatic carbocycles. The molecule has 1 heterocycles. The molecular formula is C30H28N2O. The van der Waals surface area contributed by atoms with Crippen LogP contribution in [0.2, 0.25) is 0 Å². The van der Waals surface area contributed by atoms with Crippen molar-refractivity contribution in [3.63, 3.8) is 0 Å². The number of anilines is 1. The Morgan fingerprint density at radius 3 is 2.42 bits per heavy atom. The van der Waals surface area contributed by atoms with E-state index in [1.54, 1.807) is 0 Å². The normalized spacial score (nSPS) is 20.9. The standard InChI is InChI=1S/C30H28N2O/c1-2-16-31-30(33)21-14-15-27-26(18-21)24-12-7-13-25(24)29(32-27)28-22-10-5-3-8-19(22)17-20-9-4-6-11-23(20)28/h3-12,14-15,17-18,24-25,29,32H,2,13,16H2,1H3,(H,31,33). The molecule has 3 nitrogen and oxygen atoms in total. The number of hydrogen-bond donors (Lipinski definition) is 2. The second kappa shape index (κ2) is 8.08. The first-order valence-electron chi connectivity index (χ1n) is 12.0. The Morgan fingerprint density at radius 1 is 0.970 bits per heavy atom. The van der Waals surface area contributed by atoms with E-state index < -0.39 is 0 Å². The minimum Gasteiger partial charge on any atom is -0.378 e. The van der Waals surface area contributed by atoms with Gasteiger partial charge in [0.05, 0.1) is 6.04 Å². The quantitative estimate of drug-likeness (QED) is 0.270. The van der Waals surface area contributed by atoms with Gasteiger partial charge in [-0.3, -0.25) is 4.79 Å². The third-order valence-electron chi connectivity index (χ3n) is 7.28. The second-order valence-corrected chi connectivity index (χ2v) is 9.27. The Morgan fingerprint density at radius 2 is 1.70 bits per heavy atom. The molecule has 0 bridgehead atoms. The fourth-order valence-electron chi connectivity index (χ4n) is 5.75. The van der Waals surface area contributed by atoms with Crippen molar-refractivity contribution < 1.29 is 4.79 Å². The van der Waals surface area contributed by atoms with E-state index in [0.717, 1.165) is 24.1 Å². The molecule has 6 rings (SSSR count). The molecule has 1 aliphatic heterocycles. The number of carbonyl (C=O) groups excluding carboxylic acids is 1. The zero-order valence-electron chi connectivity index (χ0n) is 18.8. The van der Waals surface area contributed by atoms with Gasteiger partial charge in [-0.05, 0) is 75.7 Å². The minimum atomic E-state index is 0.0142. The van der Waals surface area contributed by atoms with Crippen LogP contribution >= 0.6 is 0 Å². The summed E-state index contributed by atoms with van der Waals surface area (Å²) in [6, 6.07) is 26.1. The van der Waals surface area contributed by atoms with Gasteiger partial charge in [-0.25, -0.2) is 0 Å². The van der Waals surface area contributed by atoms with Gasteiger partial charge >= 0.3 is 0 Å². The number of rotatable bonds is 4. The number of fused-ring (bicyclic) bond motifs is 5. The number of amides is 1. The molecule has 1 aliphatic carbocycles. The highest BCUT2D eigenvalue weighted by atomic mass is 16.1. The van der Waals surface area contributed by atoms with Crippen LogP contribution in [-0.2, 0) is 0 Å². The fourth-order valence-corrected chi connectivity index (χ4v) is 5.75. The zero-order chi connectivity index (χ0) is 22.4. The van der Waals surface area contributed by atoms with Gasteiger partial charge in [0.2, 0.25) is 0 Å². The lowest BCUT2D eigenvalue weighted by Gasteiger charge is -2.38. The zero-order valence-corrected chi connectivity index (χ0v) is 18.8. The minimum absolute atomic E-state index is 0.0142. The second-order valence-electron chi connectivity index (χ2n) is 9.27. The molecule has 0 radical (unpaired) electrons. The van der Waals surface area contributed by atoms with Gasteiger partial charge in [0.1, 0.15) is 0 Å². The number of hydrogen-bond acceptors (Lipinski definition) is 2. The van der Waals surface area contributed by atoms with Gasteiger partial charge in [0.25, 0.3) is 5.91 Å². The summed E-state index contributed by atoms with van der Waals surface area (Å²) >= 11 is 0. The molecule has 164 valence electrons. The molecule has 0 saturated heterocycles. The van der Waals surface area contributed by atoms with Crippen molar-refractivity contribution in [2.24, 2.45) is 5.92 Å². The van der Waals surface area contributed by atoms with Crippen LogP contribution < -0.4 is 10.6 Å². The van der Waals surface area contributed by atoms with E-state index in [-0.39, 0.29) is 11.9 Å². The van der Waals surface area contributed by atoms with E-state index in [2.05, 4.69) is 96.4 Å². The average Bonchev–Trinajstić information content (AvgIpc) is 3.35. The molecule has 4 aromatic rings. The summed E-state index contributed by atoms with van der Waals surface area (Å²) in [6.07, 6.45) is 6.63. The molecule has 0 fully saturated rings. The molecular weight excluding hydrogens is 404 g/mol. The van der Waals surface area contributed by atoms with Crippen LogP contribution in [0.3, 0.4) is 0 Å². The first-order chi connectivity index (χ1) is 16.2. The summed E-state index contributed by atoms with van der Waals surface area (Å²) in [5.74, 6) is 0.740. The Hall–Kier alpha value is -3.59. The highest BCUT2D eigenvalue weighted by molar-refractivity contribution is 6.03. The topological polar surface area (TPSA) is 41.1 Å². The van der Waals surface area contributed by atoms with Crippen molar-refractivity contribution in [3.8, 4) is 0 Å². The van der Waals surface area contributed by atoms with Crippen LogP contribution in [0.25, 0.3) is 21.5 Å². The number of carbonyl (C=O) groups is 1. The van der Waals surface area contributed by atoms with Gasteiger partial charge < -0.3 is 10.6 Å². The van der Waals surface area contributed by atoms with Crippen LogP contribution in [-0.4, -0.2) is 12.5 Å². The Kier molecular flexibility index (Phi) is 4.91. The molecule has 0 saturated carbocycles. The monoisotopic (exact) mass is 432 g/mol.